The van der Waals surface area contributed by atoms with E-state index in [-0.39, 0.29) is 0 Å². The maximum absolute atomic E-state index is 5.94. The van der Waals surface area contributed by atoms with Gasteiger partial charge in [-0.15, -0.1) is 0 Å². The fraction of sp³-hybridized carbons (Fsp3) is 0.125. The molecule has 14 heavy (non-hydrogen) atoms. The molecule has 0 aliphatic heterocycles. The van der Waals surface area contributed by atoms with Crippen LogP contribution in [0.3, 0.4) is 0 Å². The summed E-state index contributed by atoms with van der Waals surface area (Å²) in [5.41, 5.74) is 1.77. The highest BCUT2D eigenvalue weighted by molar-refractivity contribution is 7.71. The van der Waals surface area contributed by atoms with Crippen LogP contribution in [0.1, 0.15) is 5.56 Å². The second-order valence-electron chi connectivity index (χ2n) is 2.80. The summed E-state index contributed by atoms with van der Waals surface area (Å²) in [4.78, 5) is 4.00. The lowest BCUT2D eigenvalue weighted by atomic mass is 10.2. The maximum Gasteiger partial charge on any atom is 0.199 e. The van der Waals surface area contributed by atoms with E-state index < -0.39 is 0 Å². The van der Waals surface area contributed by atoms with Gasteiger partial charge in [0.15, 0.2) is 4.77 Å². The molecule has 0 aromatic carbocycles. The molecule has 0 aliphatic rings. The third-order valence-electron chi connectivity index (χ3n) is 1.94. The fourth-order valence-corrected chi connectivity index (χ4v) is 1.50. The number of rotatable bonds is 1. The normalized spacial score (nSPS) is 10.4. The van der Waals surface area contributed by atoms with E-state index in [4.69, 9.17) is 23.8 Å². The van der Waals surface area contributed by atoms with Gasteiger partial charge in [0.05, 0.1) is 16.9 Å². The Morgan fingerprint density at radius 2 is 2.29 bits per heavy atom. The summed E-state index contributed by atoms with van der Waals surface area (Å²) in [5.74, 6) is 0. The van der Waals surface area contributed by atoms with Crippen molar-refractivity contribution < 1.29 is 0 Å². The molecule has 2 aromatic heterocycles. The number of aromatic amines is 1. The summed E-state index contributed by atoms with van der Waals surface area (Å²) >= 11 is 11.0. The molecule has 0 unspecified atom stereocenters. The van der Waals surface area contributed by atoms with Gasteiger partial charge < -0.3 is 0 Å². The fourth-order valence-electron chi connectivity index (χ4n) is 1.15. The van der Waals surface area contributed by atoms with E-state index in [0.29, 0.717) is 9.79 Å². The zero-order chi connectivity index (χ0) is 10.1. The third-order valence-corrected chi connectivity index (χ3v) is 2.61. The molecule has 0 saturated carbocycles. The topological polar surface area (TPSA) is 46.5 Å². The summed E-state index contributed by atoms with van der Waals surface area (Å²) in [6, 6.07) is 0. The van der Waals surface area contributed by atoms with Crippen molar-refractivity contribution >= 4 is 23.8 Å². The van der Waals surface area contributed by atoms with Crippen LogP contribution in [0.4, 0.5) is 0 Å². The van der Waals surface area contributed by atoms with Crippen molar-refractivity contribution in [1.29, 1.82) is 0 Å². The largest absolute Gasteiger partial charge is 0.273 e. The van der Waals surface area contributed by atoms with E-state index in [1.807, 2.05) is 6.92 Å². The molecule has 2 rings (SSSR count). The molecule has 0 aliphatic carbocycles. The van der Waals surface area contributed by atoms with Crippen LogP contribution < -0.4 is 0 Å². The van der Waals surface area contributed by atoms with Crippen molar-refractivity contribution in [3.63, 3.8) is 0 Å². The number of aromatic nitrogens is 4. The highest BCUT2D eigenvalue weighted by Gasteiger charge is 2.05. The molecule has 2 aromatic rings. The van der Waals surface area contributed by atoms with Crippen LogP contribution in [0.25, 0.3) is 5.69 Å². The molecule has 0 fully saturated rings. The maximum atomic E-state index is 5.94. The predicted molar refractivity (Wildman–Crippen MR) is 56.3 cm³/mol. The first-order chi connectivity index (χ1) is 6.70. The average Bonchev–Trinajstić information content (AvgIpc) is 2.57. The Balaban J connectivity index is 2.69. The van der Waals surface area contributed by atoms with Gasteiger partial charge >= 0.3 is 0 Å². The number of H-pyrrole nitrogens is 1. The Hall–Kier alpha value is -1.20. The van der Waals surface area contributed by atoms with Crippen LogP contribution in [0.15, 0.2) is 18.7 Å². The van der Waals surface area contributed by atoms with Crippen molar-refractivity contribution in [2.75, 3.05) is 0 Å². The Morgan fingerprint density at radius 3 is 2.93 bits per heavy atom. The number of halogens is 1. The van der Waals surface area contributed by atoms with Crippen LogP contribution in [-0.2, 0) is 0 Å². The first kappa shape index (κ1) is 9.36. The molecule has 4 nitrogen and oxygen atoms in total. The third kappa shape index (κ3) is 1.44. The van der Waals surface area contributed by atoms with Gasteiger partial charge in [0, 0.05) is 6.20 Å². The molecule has 0 saturated heterocycles. The zero-order valence-corrected chi connectivity index (χ0v) is 8.93. The van der Waals surface area contributed by atoms with Crippen molar-refractivity contribution in [1.82, 2.24) is 19.7 Å². The number of hydrogen-bond acceptors (Lipinski definition) is 3. The van der Waals surface area contributed by atoms with E-state index in [2.05, 4.69) is 15.2 Å². The van der Waals surface area contributed by atoms with Gasteiger partial charge in [-0.2, -0.15) is 5.10 Å². The first-order valence-electron chi connectivity index (χ1n) is 3.92. The van der Waals surface area contributed by atoms with Crippen LogP contribution in [-0.4, -0.2) is 19.7 Å². The SMILES string of the molecule is Cc1c(Cl)cncc1-n1cn[nH]c1=S. The lowest BCUT2D eigenvalue weighted by Crippen LogP contribution is -1.97. The van der Waals surface area contributed by atoms with Gasteiger partial charge in [-0.1, -0.05) is 11.6 Å². The van der Waals surface area contributed by atoms with Gasteiger partial charge in [0.2, 0.25) is 0 Å². The van der Waals surface area contributed by atoms with Gasteiger partial charge in [-0.05, 0) is 24.7 Å². The molecular weight excluding hydrogens is 220 g/mol. The van der Waals surface area contributed by atoms with Crippen LogP contribution in [0, 0.1) is 11.7 Å². The van der Waals surface area contributed by atoms with Crippen molar-refractivity contribution in [3.05, 3.63) is 34.1 Å². The molecule has 2 heterocycles. The van der Waals surface area contributed by atoms with Crippen molar-refractivity contribution in [3.8, 4) is 5.69 Å². The molecule has 0 radical (unpaired) electrons. The first-order valence-corrected chi connectivity index (χ1v) is 4.71. The van der Waals surface area contributed by atoms with Gasteiger partial charge in [-0.3, -0.25) is 14.6 Å². The quantitative estimate of drug-likeness (QED) is 0.759. The Bertz CT molecular complexity index is 516. The smallest absolute Gasteiger partial charge is 0.199 e. The number of hydrogen-bond donors (Lipinski definition) is 1. The summed E-state index contributed by atoms with van der Waals surface area (Å²) in [5, 5.41) is 7.12. The molecular formula is C8H7ClN4S. The molecule has 0 atom stereocenters. The van der Waals surface area contributed by atoms with Gasteiger partial charge in [0.25, 0.3) is 0 Å². The average molecular weight is 227 g/mol. The van der Waals surface area contributed by atoms with E-state index in [1.165, 1.54) is 0 Å². The molecule has 0 spiro atoms. The minimum atomic E-state index is 0.525. The minimum absolute atomic E-state index is 0.525. The molecule has 6 heteroatoms. The highest BCUT2D eigenvalue weighted by atomic mass is 35.5. The monoisotopic (exact) mass is 226 g/mol. The molecule has 0 amide bonds. The number of nitrogens with one attached hydrogen (secondary N) is 1. The second-order valence-corrected chi connectivity index (χ2v) is 3.59. The summed E-state index contributed by atoms with van der Waals surface area (Å²) in [6.45, 7) is 1.91. The zero-order valence-electron chi connectivity index (χ0n) is 7.36. The second kappa shape index (κ2) is 3.51. The molecule has 1 N–H and O–H groups in total. The number of nitrogens with zero attached hydrogens (tertiary/aromatic N) is 3. The van der Waals surface area contributed by atoms with E-state index in [0.717, 1.165) is 11.3 Å². The summed E-state index contributed by atoms with van der Waals surface area (Å²) in [6.07, 6.45) is 4.90. The van der Waals surface area contributed by atoms with Gasteiger partial charge in [0.1, 0.15) is 6.33 Å². The highest BCUT2D eigenvalue weighted by Crippen LogP contribution is 2.20. The lowest BCUT2D eigenvalue weighted by Gasteiger charge is -2.05. The van der Waals surface area contributed by atoms with Gasteiger partial charge in [-0.25, -0.2) is 0 Å². The van der Waals surface area contributed by atoms with Crippen molar-refractivity contribution in [2.24, 2.45) is 0 Å². The van der Waals surface area contributed by atoms with E-state index in [1.54, 1.807) is 23.3 Å². The standard InChI is InChI=1S/C8H7ClN4S/c1-5-6(9)2-10-3-7(5)13-4-11-12-8(13)14/h2-4H,1H3,(H,12,14). The van der Waals surface area contributed by atoms with Crippen LogP contribution in [0.2, 0.25) is 5.02 Å². The Labute approximate surface area is 90.6 Å². The Kier molecular flexibility index (Phi) is 2.35. The van der Waals surface area contributed by atoms with E-state index >= 15 is 0 Å². The predicted octanol–water partition coefficient (Wildman–Crippen LogP) is 2.29. The van der Waals surface area contributed by atoms with Crippen LogP contribution in [0.5, 0.6) is 0 Å². The van der Waals surface area contributed by atoms with Crippen molar-refractivity contribution in [2.45, 2.75) is 6.92 Å². The summed E-state index contributed by atoms with van der Waals surface area (Å²) in [7, 11) is 0. The molecule has 0 bridgehead atoms. The minimum Gasteiger partial charge on any atom is -0.273 e. The van der Waals surface area contributed by atoms with Crippen LogP contribution >= 0.6 is 23.8 Å². The number of pyridine rings is 1. The molecule has 72 valence electrons. The van der Waals surface area contributed by atoms with E-state index in [9.17, 15) is 0 Å². The lowest BCUT2D eigenvalue weighted by molar-refractivity contribution is 1.00. The Morgan fingerprint density at radius 1 is 1.50 bits per heavy atom. The summed E-state index contributed by atoms with van der Waals surface area (Å²) < 4.78 is 2.25.